The van der Waals surface area contributed by atoms with Crippen LogP contribution in [0, 0.1) is 0 Å². The highest BCUT2D eigenvalue weighted by Crippen LogP contribution is 2.25. The van der Waals surface area contributed by atoms with Crippen LogP contribution >= 0.6 is 0 Å². The third-order valence-electron chi connectivity index (χ3n) is 5.79. The van der Waals surface area contributed by atoms with Crippen molar-refractivity contribution in [3.63, 3.8) is 0 Å². The van der Waals surface area contributed by atoms with Gasteiger partial charge in [0.1, 0.15) is 0 Å². The number of anilines is 2. The van der Waals surface area contributed by atoms with E-state index in [-0.39, 0.29) is 11.8 Å². The second-order valence-corrected chi connectivity index (χ2v) is 8.19. The van der Waals surface area contributed by atoms with Gasteiger partial charge in [0.15, 0.2) is 12.2 Å². The van der Waals surface area contributed by atoms with Gasteiger partial charge in [-0.05, 0) is 46.5 Å². The fraction of sp³-hybridized carbons (Fsp3) is 0.133. The van der Waals surface area contributed by atoms with E-state index in [2.05, 4.69) is 10.6 Å². The summed E-state index contributed by atoms with van der Waals surface area (Å²) in [6.45, 7) is 0. The van der Waals surface area contributed by atoms with E-state index >= 15 is 0 Å². The van der Waals surface area contributed by atoms with Gasteiger partial charge in [0, 0.05) is 25.6 Å². The van der Waals surface area contributed by atoms with Crippen LogP contribution < -0.4 is 10.6 Å². The molecule has 6 heteroatoms. The average molecular weight is 481 g/mol. The zero-order valence-electron chi connectivity index (χ0n) is 20.2. The van der Waals surface area contributed by atoms with Crippen molar-refractivity contribution in [2.45, 2.75) is 12.2 Å². The number of amides is 2. The maximum absolute atomic E-state index is 12.7. The van der Waals surface area contributed by atoms with Gasteiger partial charge in [0.25, 0.3) is 11.8 Å². The topological polar surface area (TPSA) is 76.7 Å². The lowest BCUT2D eigenvalue weighted by molar-refractivity contribution is -0.126. The molecule has 2 atom stereocenters. The van der Waals surface area contributed by atoms with Crippen LogP contribution in [0.5, 0.6) is 0 Å². The van der Waals surface area contributed by atoms with Crippen LogP contribution in [0.2, 0.25) is 0 Å². The minimum Gasteiger partial charge on any atom is -0.367 e. The van der Waals surface area contributed by atoms with Gasteiger partial charge in [-0.15, -0.1) is 0 Å². The molecule has 0 aliphatic rings. The number of hydrogen-bond donors (Lipinski definition) is 2. The summed E-state index contributed by atoms with van der Waals surface area (Å²) in [5.74, 6) is -0.470. The van der Waals surface area contributed by atoms with E-state index in [1.807, 2.05) is 109 Å². The predicted octanol–water partition coefficient (Wildman–Crippen LogP) is 6.01. The third-order valence-corrected chi connectivity index (χ3v) is 5.79. The molecule has 4 rings (SSSR count). The largest absolute Gasteiger partial charge is 0.367 e. The van der Waals surface area contributed by atoms with Gasteiger partial charge in [0.05, 0.1) is 0 Å². The number of hydrogen-bond acceptors (Lipinski definition) is 4. The summed E-state index contributed by atoms with van der Waals surface area (Å²) in [7, 11) is 3.03. The summed E-state index contributed by atoms with van der Waals surface area (Å²) in [6, 6.07) is 33.9. The predicted molar refractivity (Wildman–Crippen MR) is 142 cm³/mol. The van der Waals surface area contributed by atoms with Crippen molar-refractivity contribution in [3.8, 4) is 11.1 Å². The van der Waals surface area contributed by atoms with E-state index in [1.54, 1.807) is 0 Å². The minimum absolute atomic E-state index is 0.235. The number of nitrogens with one attached hydrogen (secondary N) is 2. The normalized spacial score (nSPS) is 12.4. The number of ether oxygens (including phenoxy) is 2. The molecule has 0 heterocycles. The van der Waals surface area contributed by atoms with Crippen LogP contribution in [-0.4, -0.2) is 26.0 Å². The maximum atomic E-state index is 12.7. The molecule has 6 nitrogen and oxygen atoms in total. The molecule has 0 aliphatic carbocycles. The molecule has 2 amide bonds. The van der Waals surface area contributed by atoms with Gasteiger partial charge in [-0.3, -0.25) is 9.59 Å². The molecule has 2 N–H and O–H groups in total. The van der Waals surface area contributed by atoms with Crippen molar-refractivity contribution in [1.29, 1.82) is 0 Å². The van der Waals surface area contributed by atoms with Crippen molar-refractivity contribution < 1.29 is 19.1 Å². The molecule has 2 unspecified atom stereocenters. The molecule has 4 aromatic rings. The highest BCUT2D eigenvalue weighted by molar-refractivity contribution is 5.96. The fourth-order valence-electron chi connectivity index (χ4n) is 3.95. The molecule has 0 saturated heterocycles. The van der Waals surface area contributed by atoms with Crippen molar-refractivity contribution in [2.75, 3.05) is 24.9 Å². The van der Waals surface area contributed by atoms with Gasteiger partial charge in [-0.2, -0.15) is 0 Å². The summed E-state index contributed by atoms with van der Waals surface area (Å²) in [5.41, 5.74) is 4.91. The quantitative estimate of drug-likeness (QED) is 0.308. The zero-order chi connectivity index (χ0) is 25.3. The van der Waals surface area contributed by atoms with E-state index in [9.17, 15) is 9.59 Å². The molecule has 182 valence electrons. The summed E-state index contributed by atoms with van der Waals surface area (Å²) in [4.78, 5) is 25.4. The summed E-state index contributed by atoms with van der Waals surface area (Å²) in [5, 5.41) is 5.81. The van der Waals surface area contributed by atoms with E-state index < -0.39 is 12.2 Å². The Morgan fingerprint density at radius 1 is 0.528 bits per heavy atom. The van der Waals surface area contributed by atoms with Gasteiger partial charge in [-0.1, -0.05) is 84.9 Å². The molecule has 0 fully saturated rings. The summed E-state index contributed by atoms with van der Waals surface area (Å²) in [6.07, 6.45) is -1.37. The summed E-state index contributed by atoms with van der Waals surface area (Å²) < 4.78 is 10.8. The third kappa shape index (κ3) is 6.05. The molecule has 0 radical (unpaired) electrons. The molecule has 0 saturated carbocycles. The van der Waals surface area contributed by atoms with E-state index in [1.165, 1.54) is 14.2 Å². The van der Waals surface area contributed by atoms with Gasteiger partial charge in [-0.25, -0.2) is 0 Å². The average Bonchev–Trinajstić information content (AvgIpc) is 2.92. The van der Waals surface area contributed by atoms with Crippen molar-refractivity contribution >= 4 is 23.2 Å². The first-order valence-corrected chi connectivity index (χ1v) is 11.6. The van der Waals surface area contributed by atoms with Gasteiger partial charge >= 0.3 is 0 Å². The van der Waals surface area contributed by atoms with Crippen LogP contribution in [0.3, 0.4) is 0 Å². The first-order chi connectivity index (χ1) is 17.6. The molecule has 36 heavy (non-hydrogen) atoms. The standard InChI is InChI=1S/C30H28N2O4/c1-35-27(23-9-5-3-6-10-23)29(33)31-25-17-13-21(14-18-25)22-15-19-26(20-16-22)32-30(34)28(36-2)24-11-7-4-8-12-24/h3-20,27-28H,1-2H3,(H,31,33)(H,32,34). The van der Waals surface area contributed by atoms with Crippen molar-refractivity contribution in [1.82, 2.24) is 0 Å². The first kappa shape index (κ1) is 24.9. The van der Waals surface area contributed by atoms with Crippen LogP contribution in [0.25, 0.3) is 11.1 Å². The van der Waals surface area contributed by atoms with Crippen molar-refractivity contribution in [2.24, 2.45) is 0 Å². The Labute approximate surface area is 210 Å². The molecular weight excluding hydrogens is 452 g/mol. The Bertz CT molecular complexity index is 1170. The molecule has 4 aromatic carbocycles. The van der Waals surface area contributed by atoms with E-state index in [0.29, 0.717) is 11.4 Å². The monoisotopic (exact) mass is 480 g/mol. The lowest BCUT2D eigenvalue weighted by Gasteiger charge is -2.16. The Morgan fingerprint density at radius 2 is 0.861 bits per heavy atom. The molecule has 0 bridgehead atoms. The summed E-state index contributed by atoms with van der Waals surface area (Å²) >= 11 is 0. The minimum atomic E-state index is -0.687. The maximum Gasteiger partial charge on any atom is 0.258 e. The lowest BCUT2D eigenvalue weighted by Crippen LogP contribution is -2.22. The molecule has 0 spiro atoms. The number of benzene rings is 4. The van der Waals surface area contributed by atoms with Gasteiger partial charge in [0.2, 0.25) is 0 Å². The number of rotatable bonds is 9. The Hall–Kier alpha value is -4.26. The Kier molecular flexibility index (Phi) is 8.24. The molecule has 0 aromatic heterocycles. The zero-order valence-corrected chi connectivity index (χ0v) is 20.2. The molecule has 0 aliphatic heterocycles. The van der Waals surface area contributed by atoms with Crippen LogP contribution in [0.15, 0.2) is 109 Å². The van der Waals surface area contributed by atoms with Gasteiger partial charge < -0.3 is 20.1 Å². The van der Waals surface area contributed by atoms with Crippen LogP contribution in [0.4, 0.5) is 11.4 Å². The first-order valence-electron chi connectivity index (χ1n) is 11.6. The highest BCUT2D eigenvalue weighted by Gasteiger charge is 2.21. The smallest absolute Gasteiger partial charge is 0.258 e. The van der Waals surface area contributed by atoms with E-state index in [0.717, 1.165) is 22.3 Å². The number of carbonyl (C=O) groups excluding carboxylic acids is 2. The number of carbonyl (C=O) groups is 2. The lowest BCUT2D eigenvalue weighted by atomic mass is 10.0. The van der Waals surface area contributed by atoms with Crippen molar-refractivity contribution in [3.05, 3.63) is 120 Å². The van der Waals surface area contributed by atoms with Crippen LogP contribution in [-0.2, 0) is 19.1 Å². The van der Waals surface area contributed by atoms with Crippen LogP contribution in [0.1, 0.15) is 23.3 Å². The van der Waals surface area contributed by atoms with E-state index in [4.69, 9.17) is 9.47 Å². The second kappa shape index (κ2) is 11.9. The Morgan fingerprint density at radius 3 is 1.17 bits per heavy atom. The molecular formula is C30H28N2O4. The second-order valence-electron chi connectivity index (χ2n) is 8.19. The number of methoxy groups -OCH3 is 2. The SMILES string of the molecule is COC(C(=O)Nc1ccc(-c2ccc(NC(=O)C(OC)c3ccccc3)cc2)cc1)c1ccccc1. The highest BCUT2D eigenvalue weighted by atomic mass is 16.5. The fourth-order valence-corrected chi connectivity index (χ4v) is 3.95. The Balaban J connectivity index is 1.39.